The molecule has 0 spiro atoms. The Morgan fingerprint density at radius 2 is 2.12 bits per heavy atom. The maximum absolute atomic E-state index is 4.78. The molecule has 0 bridgehead atoms. The summed E-state index contributed by atoms with van der Waals surface area (Å²) < 4.78 is 4.09. The lowest BCUT2D eigenvalue weighted by molar-refractivity contribution is 0.459. The summed E-state index contributed by atoms with van der Waals surface area (Å²) in [5, 5.41) is 13.9. The molecule has 1 N–H and O–H groups in total. The maximum atomic E-state index is 4.78. The Kier molecular flexibility index (Phi) is 5.72. The zero-order chi connectivity index (χ0) is 18.5. The van der Waals surface area contributed by atoms with Gasteiger partial charge in [-0.25, -0.2) is 4.99 Å². The number of hydrogen-bond acceptors (Lipinski definition) is 4. The van der Waals surface area contributed by atoms with Crippen LogP contribution in [-0.2, 0) is 33.7 Å². The Labute approximate surface area is 158 Å². The van der Waals surface area contributed by atoms with Crippen LogP contribution in [0.15, 0.2) is 40.8 Å². The molecule has 3 aromatic rings. The fourth-order valence-electron chi connectivity index (χ4n) is 2.60. The summed E-state index contributed by atoms with van der Waals surface area (Å²) >= 11 is 1.74. The third kappa shape index (κ3) is 4.32. The highest BCUT2D eigenvalue weighted by atomic mass is 32.1. The van der Waals surface area contributed by atoms with E-state index in [1.165, 1.54) is 10.6 Å². The zero-order valence-electron chi connectivity index (χ0n) is 15.7. The van der Waals surface area contributed by atoms with Crippen LogP contribution < -0.4 is 5.32 Å². The van der Waals surface area contributed by atoms with Crippen LogP contribution in [0.5, 0.6) is 0 Å². The molecule has 138 valence electrons. The Morgan fingerprint density at radius 3 is 2.73 bits per heavy atom. The van der Waals surface area contributed by atoms with Gasteiger partial charge in [-0.15, -0.1) is 21.5 Å². The minimum atomic E-state index is 0.488. The van der Waals surface area contributed by atoms with Gasteiger partial charge in [-0.1, -0.05) is 6.07 Å². The minimum Gasteiger partial charge on any atom is -0.353 e. The molecule has 26 heavy (non-hydrogen) atoms. The van der Waals surface area contributed by atoms with Crippen LogP contribution in [-0.4, -0.2) is 37.2 Å². The second-order valence-corrected chi connectivity index (χ2v) is 7.29. The number of thiophene rings is 1. The van der Waals surface area contributed by atoms with Gasteiger partial charge < -0.3 is 19.4 Å². The molecule has 8 heteroatoms. The van der Waals surface area contributed by atoms with Crippen LogP contribution >= 0.6 is 11.3 Å². The van der Waals surface area contributed by atoms with E-state index in [4.69, 9.17) is 4.99 Å². The van der Waals surface area contributed by atoms with Gasteiger partial charge in [0, 0.05) is 37.9 Å². The molecule has 0 aliphatic rings. The molecule has 0 fully saturated rings. The predicted molar refractivity (Wildman–Crippen MR) is 105 cm³/mol. The molecule has 3 heterocycles. The first kappa shape index (κ1) is 18.2. The fraction of sp³-hybridized carbons (Fsp3) is 0.389. The van der Waals surface area contributed by atoms with E-state index in [0.29, 0.717) is 6.54 Å². The Hall–Kier alpha value is -2.61. The average Bonchev–Trinajstić information content (AvgIpc) is 3.34. The van der Waals surface area contributed by atoms with Crippen molar-refractivity contribution in [3.8, 4) is 0 Å². The molecule has 0 unspecified atom stereocenters. The molecule has 0 atom stereocenters. The normalized spacial score (nSPS) is 11.8. The quantitative estimate of drug-likeness (QED) is 0.533. The number of hydrogen-bond donors (Lipinski definition) is 1. The predicted octanol–water partition coefficient (Wildman–Crippen LogP) is 2.30. The molecule has 0 aromatic carbocycles. The van der Waals surface area contributed by atoms with Gasteiger partial charge in [0.2, 0.25) is 0 Å². The van der Waals surface area contributed by atoms with Crippen molar-refractivity contribution in [1.29, 1.82) is 0 Å². The van der Waals surface area contributed by atoms with Crippen molar-refractivity contribution in [2.45, 2.75) is 26.6 Å². The molecule has 0 saturated heterocycles. The monoisotopic (exact) mass is 371 g/mol. The van der Waals surface area contributed by atoms with Crippen molar-refractivity contribution in [2.24, 2.45) is 19.1 Å². The van der Waals surface area contributed by atoms with Crippen LogP contribution in [0.4, 0.5) is 0 Å². The minimum absolute atomic E-state index is 0.488. The fourth-order valence-corrected chi connectivity index (χ4v) is 3.25. The molecule has 0 amide bonds. The highest BCUT2D eigenvalue weighted by molar-refractivity contribution is 7.09. The summed E-state index contributed by atoms with van der Waals surface area (Å²) in [4.78, 5) is 8.19. The number of nitrogens with one attached hydrogen (secondary N) is 1. The molecule has 0 saturated carbocycles. The van der Waals surface area contributed by atoms with Crippen molar-refractivity contribution < 1.29 is 0 Å². The van der Waals surface area contributed by atoms with Gasteiger partial charge >= 0.3 is 0 Å². The average molecular weight is 372 g/mol. The summed E-state index contributed by atoms with van der Waals surface area (Å²) in [6, 6.07) is 8.37. The van der Waals surface area contributed by atoms with E-state index in [9.17, 15) is 0 Å². The second-order valence-electron chi connectivity index (χ2n) is 6.26. The van der Waals surface area contributed by atoms with Gasteiger partial charge in [0.25, 0.3) is 0 Å². The molecule has 3 aromatic heterocycles. The lowest BCUT2D eigenvalue weighted by Gasteiger charge is -2.22. The third-order valence-corrected chi connectivity index (χ3v) is 5.24. The van der Waals surface area contributed by atoms with E-state index in [0.717, 1.165) is 30.7 Å². The number of aromatic nitrogens is 4. The largest absolute Gasteiger partial charge is 0.353 e. The Morgan fingerprint density at radius 1 is 1.27 bits per heavy atom. The van der Waals surface area contributed by atoms with Crippen molar-refractivity contribution in [3.63, 3.8) is 0 Å². The van der Waals surface area contributed by atoms with E-state index in [-0.39, 0.29) is 0 Å². The summed E-state index contributed by atoms with van der Waals surface area (Å²) in [5.41, 5.74) is 1.23. The Balaban J connectivity index is 1.74. The van der Waals surface area contributed by atoms with E-state index in [1.807, 2.05) is 18.5 Å². The van der Waals surface area contributed by atoms with Gasteiger partial charge in [0.1, 0.15) is 12.4 Å². The Bertz CT molecular complexity index is 860. The number of aliphatic imine (C=N–C) groups is 1. The molecule has 0 radical (unpaired) electrons. The van der Waals surface area contributed by atoms with Crippen molar-refractivity contribution in [3.05, 3.63) is 58.1 Å². The maximum Gasteiger partial charge on any atom is 0.194 e. The third-order valence-electron chi connectivity index (χ3n) is 4.37. The summed E-state index contributed by atoms with van der Waals surface area (Å²) in [6.45, 7) is 3.96. The molecule has 3 rings (SSSR count). The van der Waals surface area contributed by atoms with Gasteiger partial charge in [-0.3, -0.25) is 0 Å². The van der Waals surface area contributed by atoms with Crippen molar-refractivity contribution in [1.82, 2.24) is 29.5 Å². The standard InChI is InChI=1S/C18H25N7S/c1-14-21-22-17(25(14)4)12-20-18(19-11-16-8-6-10-26-16)24(3)13-15-7-5-9-23(15)2/h5-10H,11-13H2,1-4H3,(H,19,20). The summed E-state index contributed by atoms with van der Waals surface area (Å²) in [6.07, 6.45) is 2.06. The lowest BCUT2D eigenvalue weighted by atomic mass is 10.4. The van der Waals surface area contributed by atoms with E-state index >= 15 is 0 Å². The highest BCUT2D eigenvalue weighted by Gasteiger charge is 2.11. The van der Waals surface area contributed by atoms with Gasteiger partial charge in [0.15, 0.2) is 11.8 Å². The highest BCUT2D eigenvalue weighted by Crippen LogP contribution is 2.09. The van der Waals surface area contributed by atoms with E-state index in [1.54, 1.807) is 11.3 Å². The number of rotatable bonds is 6. The first-order chi connectivity index (χ1) is 12.5. The van der Waals surface area contributed by atoms with Crippen LogP contribution in [0.25, 0.3) is 0 Å². The summed E-state index contributed by atoms with van der Waals surface area (Å²) in [5.74, 6) is 2.59. The van der Waals surface area contributed by atoms with Gasteiger partial charge in [-0.2, -0.15) is 0 Å². The van der Waals surface area contributed by atoms with Crippen molar-refractivity contribution in [2.75, 3.05) is 7.05 Å². The second kappa shape index (κ2) is 8.18. The molecule has 0 aliphatic heterocycles. The van der Waals surface area contributed by atoms with Crippen LogP contribution in [0, 0.1) is 6.92 Å². The smallest absolute Gasteiger partial charge is 0.194 e. The van der Waals surface area contributed by atoms with Crippen LogP contribution in [0.1, 0.15) is 22.2 Å². The zero-order valence-corrected chi connectivity index (χ0v) is 16.5. The first-order valence-corrected chi connectivity index (χ1v) is 9.39. The molecular weight excluding hydrogens is 346 g/mol. The number of guanidine groups is 1. The number of nitrogens with zero attached hydrogens (tertiary/aromatic N) is 6. The summed E-state index contributed by atoms with van der Waals surface area (Å²) in [7, 11) is 6.07. The lowest BCUT2D eigenvalue weighted by Crippen LogP contribution is -2.38. The van der Waals surface area contributed by atoms with Crippen LogP contribution in [0.3, 0.4) is 0 Å². The van der Waals surface area contributed by atoms with E-state index < -0.39 is 0 Å². The molecular formula is C18H25N7S. The van der Waals surface area contributed by atoms with Gasteiger partial charge in [0.05, 0.1) is 13.1 Å². The number of aryl methyl sites for hydroxylation is 2. The van der Waals surface area contributed by atoms with E-state index in [2.05, 4.69) is 74.9 Å². The molecule has 0 aliphatic carbocycles. The SMILES string of the molecule is Cc1nnc(CN=C(NCc2cccs2)N(C)Cc2cccn2C)n1C. The van der Waals surface area contributed by atoms with Gasteiger partial charge in [-0.05, 0) is 30.5 Å². The topological polar surface area (TPSA) is 63.3 Å². The first-order valence-electron chi connectivity index (χ1n) is 8.51. The van der Waals surface area contributed by atoms with Crippen LogP contribution in [0.2, 0.25) is 0 Å². The molecule has 7 nitrogen and oxygen atoms in total. The van der Waals surface area contributed by atoms with Crippen molar-refractivity contribution >= 4 is 17.3 Å².